The molecule has 1 N–H and O–H groups in total. The van der Waals surface area contributed by atoms with E-state index in [4.69, 9.17) is 5.11 Å². The zero-order chi connectivity index (χ0) is 11.5. The van der Waals surface area contributed by atoms with Crippen LogP contribution in [0.4, 0.5) is 5.82 Å². The summed E-state index contributed by atoms with van der Waals surface area (Å²) in [5.41, 5.74) is 0.244. The van der Waals surface area contributed by atoms with Gasteiger partial charge < -0.3 is 10.0 Å². The number of hydrogen-bond donors (Lipinski definition) is 1. The molecule has 1 aliphatic rings. The van der Waals surface area contributed by atoms with Crippen molar-refractivity contribution in [2.75, 3.05) is 11.4 Å². The maximum Gasteiger partial charge on any atom is 0.337 e. The minimum absolute atomic E-state index is 0.244. The zero-order valence-corrected chi connectivity index (χ0v) is 9.39. The standard InChI is InChI=1S/C12H16N2O2/c1-9-4-2-3-7-14(9)11-6-5-10(8-13-11)12(15)16/h5-6,8-9H,2-4,7H2,1H3,(H,15,16)/t9-/m0/s1. The molecule has 4 heteroatoms. The number of hydrogen-bond acceptors (Lipinski definition) is 3. The van der Waals surface area contributed by atoms with Crippen molar-refractivity contribution >= 4 is 11.8 Å². The Morgan fingerprint density at radius 3 is 2.88 bits per heavy atom. The van der Waals surface area contributed by atoms with E-state index in [9.17, 15) is 4.79 Å². The number of carboxylic acids is 1. The van der Waals surface area contributed by atoms with Gasteiger partial charge in [-0.25, -0.2) is 9.78 Å². The lowest BCUT2D eigenvalue weighted by Crippen LogP contribution is -2.37. The van der Waals surface area contributed by atoms with Crippen LogP contribution in [-0.4, -0.2) is 28.6 Å². The maximum absolute atomic E-state index is 10.7. The average molecular weight is 220 g/mol. The molecular formula is C12H16N2O2. The van der Waals surface area contributed by atoms with Gasteiger partial charge in [-0.05, 0) is 38.3 Å². The van der Waals surface area contributed by atoms with E-state index < -0.39 is 5.97 Å². The second-order valence-corrected chi connectivity index (χ2v) is 4.25. The highest BCUT2D eigenvalue weighted by Gasteiger charge is 2.19. The summed E-state index contributed by atoms with van der Waals surface area (Å²) in [7, 11) is 0. The highest BCUT2D eigenvalue weighted by atomic mass is 16.4. The number of carboxylic acid groups (broad SMARTS) is 1. The summed E-state index contributed by atoms with van der Waals surface area (Å²) < 4.78 is 0. The van der Waals surface area contributed by atoms with Gasteiger partial charge in [-0.2, -0.15) is 0 Å². The summed E-state index contributed by atoms with van der Waals surface area (Å²) in [5.74, 6) is -0.0389. The van der Waals surface area contributed by atoms with Crippen molar-refractivity contribution < 1.29 is 9.90 Å². The monoisotopic (exact) mass is 220 g/mol. The summed E-state index contributed by atoms with van der Waals surface area (Å²) in [4.78, 5) is 17.2. The van der Waals surface area contributed by atoms with Crippen LogP contribution in [0.15, 0.2) is 18.3 Å². The molecule has 0 bridgehead atoms. The number of carbonyl (C=O) groups is 1. The maximum atomic E-state index is 10.7. The van der Waals surface area contributed by atoms with Gasteiger partial charge in [0.2, 0.25) is 0 Å². The van der Waals surface area contributed by atoms with Crippen molar-refractivity contribution in [3.63, 3.8) is 0 Å². The van der Waals surface area contributed by atoms with Gasteiger partial charge in [0.25, 0.3) is 0 Å². The van der Waals surface area contributed by atoms with E-state index in [1.165, 1.54) is 25.5 Å². The first-order valence-electron chi connectivity index (χ1n) is 5.64. The molecule has 1 aromatic rings. The Bertz CT molecular complexity index is 375. The molecule has 2 heterocycles. The molecule has 1 atom stereocenters. The van der Waals surface area contributed by atoms with Gasteiger partial charge in [0.1, 0.15) is 5.82 Å². The van der Waals surface area contributed by atoms with Gasteiger partial charge in [0.15, 0.2) is 0 Å². The fourth-order valence-corrected chi connectivity index (χ4v) is 2.12. The van der Waals surface area contributed by atoms with Crippen LogP contribution in [0, 0.1) is 0 Å². The molecule has 1 aromatic heterocycles. The van der Waals surface area contributed by atoms with E-state index in [0.29, 0.717) is 6.04 Å². The minimum atomic E-state index is -0.925. The Labute approximate surface area is 94.9 Å². The minimum Gasteiger partial charge on any atom is -0.478 e. The molecule has 4 nitrogen and oxygen atoms in total. The Kier molecular flexibility index (Phi) is 3.08. The number of anilines is 1. The van der Waals surface area contributed by atoms with Crippen LogP contribution in [0.25, 0.3) is 0 Å². The summed E-state index contributed by atoms with van der Waals surface area (Å²) in [6, 6.07) is 3.91. The van der Waals surface area contributed by atoms with Gasteiger partial charge in [-0.3, -0.25) is 0 Å². The van der Waals surface area contributed by atoms with E-state index in [2.05, 4.69) is 16.8 Å². The lowest BCUT2D eigenvalue weighted by atomic mass is 10.0. The molecule has 1 aliphatic heterocycles. The van der Waals surface area contributed by atoms with Crippen molar-refractivity contribution in [1.29, 1.82) is 0 Å². The molecule has 1 saturated heterocycles. The molecule has 0 amide bonds. The van der Waals surface area contributed by atoms with E-state index >= 15 is 0 Å². The number of nitrogens with zero attached hydrogens (tertiary/aromatic N) is 2. The number of piperidine rings is 1. The Balaban J connectivity index is 2.17. The lowest BCUT2D eigenvalue weighted by molar-refractivity contribution is 0.0696. The third-order valence-electron chi connectivity index (χ3n) is 3.09. The highest BCUT2D eigenvalue weighted by Crippen LogP contribution is 2.22. The molecule has 2 rings (SSSR count). The summed E-state index contributed by atoms with van der Waals surface area (Å²) in [6.45, 7) is 3.20. The molecule has 0 unspecified atom stereocenters. The largest absolute Gasteiger partial charge is 0.478 e. The third kappa shape index (κ3) is 2.15. The topological polar surface area (TPSA) is 53.4 Å². The molecule has 0 saturated carbocycles. The average Bonchev–Trinajstić information content (AvgIpc) is 2.30. The van der Waals surface area contributed by atoms with Crippen LogP contribution in [0.1, 0.15) is 36.5 Å². The summed E-state index contributed by atoms with van der Waals surface area (Å²) >= 11 is 0. The first kappa shape index (κ1) is 10.9. The zero-order valence-electron chi connectivity index (χ0n) is 9.39. The van der Waals surface area contributed by atoms with Crippen molar-refractivity contribution in [2.24, 2.45) is 0 Å². The number of aromatic nitrogens is 1. The quantitative estimate of drug-likeness (QED) is 0.829. The van der Waals surface area contributed by atoms with Crippen molar-refractivity contribution in [3.05, 3.63) is 23.9 Å². The van der Waals surface area contributed by atoms with Crippen molar-refractivity contribution in [2.45, 2.75) is 32.2 Å². The molecule has 0 aliphatic carbocycles. The van der Waals surface area contributed by atoms with E-state index in [1.807, 2.05) is 0 Å². The molecule has 0 spiro atoms. The van der Waals surface area contributed by atoms with Crippen LogP contribution < -0.4 is 4.90 Å². The number of pyridine rings is 1. The predicted molar refractivity (Wildman–Crippen MR) is 61.9 cm³/mol. The SMILES string of the molecule is C[C@H]1CCCCN1c1ccc(C(=O)O)cn1. The Hall–Kier alpha value is -1.58. The summed E-state index contributed by atoms with van der Waals surface area (Å²) in [5, 5.41) is 8.78. The van der Waals surface area contributed by atoms with Gasteiger partial charge >= 0.3 is 5.97 Å². The molecular weight excluding hydrogens is 204 g/mol. The van der Waals surface area contributed by atoms with E-state index in [-0.39, 0.29) is 5.56 Å². The first-order valence-corrected chi connectivity index (χ1v) is 5.64. The fourth-order valence-electron chi connectivity index (χ4n) is 2.12. The number of rotatable bonds is 2. The third-order valence-corrected chi connectivity index (χ3v) is 3.09. The van der Waals surface area contributed by atoms with Gasteiger partial charge in [-0.15, -0.1) is 0 Å². The first-order chi connectivity index (χ1) is 7.68. The Morgan fingerprint density at radius 2 is 2.31 bits per heavy atom. The highest BCUT2D eigenvalue weighted by molar-refractivity contribution is 5.87. The molecule has 86 valence electrons. The van der Waals surface area contributed by atoms with Crippen LogP contribution in [0.2, 0.25) is 0 Å². The van der Waals surface area contributed by atoms with Crippen molar-refractivity contribution in [1.82, 2.24) is 4.98 Å². The van der Waals surface area contributed by atoms with Crippen LogP contribution in [-0.2, 0) is 0 Å². The van der Waals surface area contributed by atoms with E-state index in [0.717, 1.165) is 12.4 Å². The predicted octanol–water partition coefficient (Wildman–Crippen LogP) is 2.16. The number of aromatic carboxylic acids is 1. The smallest absolute Gasteiger partial charge is 0.337 e. The summed E-state index contributed by atoms with van der Waals surface area (Å²) in [6.07, 6.45) is 5.07. The molecule has 0 radical (unpaired) electrons. The second kappa shape index (κ2) is 4.51. The normalized spacial score (nSPS) is 20.8. The van der Waals surface area contributed by atoms with Crippen LogP contribution in [0.3, 0.4) is 0 Å². The van der Waals surface area contributed by atoms with Gasteiger partial charge in [0, 0.05) is 18.8 Å². The van der Waals surface area contributed by atoms with Crippen molar-refractivity contribution in [3.8, 4) is 0 Å². The second-order valence-electron chi connectivity index (χ2n) is 4.25. The van der Waals surface area contributed by atoms with E-state index in [1.54, 1.807) is 12.1 Å². The fraction of sp³-hybridized carbons (Fsp3) is 0.500. The van der Waals surface area contributed by atoms with Gasteiger partial charge in [0.05, 0.1) is 5.56 Å². The van der Waals surface area contributed by atoms with Gasteiger partial charge in [-0.1, -0.05) is 0 Å². The molecule has 1 fully saturated rings. The van der Waals surface area contributed by atoms with Crippen LogP contribution in [0.5, 0.6) is 0 Å². The molecule has 16 heavy (non-hydrogen) atoms. The lowest BCUT2D eigenvalue weighted by Gasteiger charge is -2.34. The van der Waals surface area contributed by atoms with Crippen LogP contribution >= 0.6 is 0 Å². The Morgan fingerprint density at radius 1 is 1.50 bits per heavy atom. The molecule has 0 aromatic carbocycles.